The molecule has 1 saturated heterocycles. The number of rotatable bonds is 3. The van der Waals surface area contributed by atoms with Crippen molar-refractivity contribution < 1.29 is 9.82 Å². The number of benzene rings is 1. The van der Waals surface area contributed by atoms with Crippen LogP contribution in [0.25, 0.3) is 0 Å². The Balaban J connectivity index is 1.63. The van der Waals surface area contributed by atoms with Crippen molar-refractivity contribution in [3.8, 4) is 0 Å². The van der Waals surface area contributed by atoms with Gasteiger partial charge in [-0.25, -0.2) is 4.84 Å². The van der Waals surface area contributed by atoms with E-state index in [4.69, 9.17) is 4.84 Å². The summed E-state index contributed by atoms with van der Waals surface area (Å²) < 4.78 is 0. The molecule has 1 aromatic rings. The zero-order valence-electron chi connectivity index (χ0n) is 10.3. The van der Waals surface area contributed by atoms with Gasteiger partial charge in [-0.3, -0.25) is 0 Å². The average Bonchev–Trinajstić information content (AvgIpc) is 2.73. The molecule has 1 saturated carbocycles. The predicted octanol–water partition coefficient (Wildman–Crippen LogP) is 1.94. The van der Waals surface area contributed by atoms with E-state index in [0.717, 1.165) is 23.4 Å². The van der Waals surface area contributed by atoms with Crippen molar-refractivity contribution in [3.63, 3.8) is 0 Å². The van der Waals surface area contributed by atoms with Gasteiger partial charge in [0, 0.05) is 5.17 Å². The Morgan fingerprint density at radius 1 is 1.28 bits per heavy atom. The lowest BCUT2D eigenvalue weighted by molar-refractivity contribution is -0.799. The van der Waals surface area contributed by atoms with Crippen LogP contribution in [0, 0.1) is 4.91 Å². The van der Waals surface area contributed by atoms with Crippen molar-refractivity contribution in [1.29, 1.82) is 0 Å². The molecule has 2 aliphatic rings. The van der Waals surface area contributed by atoms with E-state index in [1.165, 1.54) is 18.0 Å². The van der Waals surface area contributed by atoms with E-state index in [9.17, 15) is 4.91 Å². The zero-order valence-corrected chi connectivity index (χ0v) is 10.3. The fourth-order valence-electron chi connectivity index (χ4n) is 2.72. The van der Waals surface area contributed by atoms with Crippen molar-refractivity contribution in [3.05, 3.63) is 40.8 Å². The summed E-state index contributed by atoms with van der Waals surface area (Å²) in [6.07, 6.45) is 4.43. The van der Waals surface area contributed by atoms with Crippen LogP contribution in [0.1, 0.15) is 31.2 Å². The molecule has 2 atom stereocenters. The molecule has 1 heterocycles. The highest BCUT2D eigenvalue weighted by molar-refractivity contribution is 5.13. The topological polar surface area (TPSA) is 44.6 Å². The molecule has 3 rings (SSSR count). The van der Waals surface area contributed by atoms with Crippen LogP contribution in [0.15, 0.2) is 30.3 Å². The molecule has 0 spiro atoms. The van der Waals surface area contributed by atoms with Crippen LogP contribution >= 0.6 is 0 Å². The molecule has 18 heavy (non-hydrogen) atoms. The van der Waals surface area contributed by atoms with Gasteiger partial charge in [0.05, 0.1) is 4.91 Å². The minimum atomic E-state index is 0.181. The molecule has 0 aromatic heterocycles. The quantitative estimate of drug-likeness (QED) is 0.830. The number of hydrogen-bond acceptors (Lipinski definition) is 2. The van der Waals surface area contributed by atoms with Gasteiger partial charge < -0.3 is 0 Å². The van der Waals surface area contributed by atoms with Gasteiger partial charge in [0.25, 0.3) is 4.98 Å². The first kappa shape index (κ1) is 11.5. The standard InChI is InChI=1S/C13H18N3O2/c17-16-14-12-8-4-5-9-13(12)15(16)18-10-11-6-2-1-3-7-11/h1-3,6-7,12-13H,4-5,8-10H2,(H,14,17)/q+1/t12-,13+/m0/s1. The maximum absolute atomic E-state index is 11.8. The van der Waals surface area contributed by atoms with Crippen LogP contribution in [0.5, 0.6) is 0 Å². The maximum Gasteiger partial charge on any atom is 0.275 e. The van der Waals surface area contributed by atoms with Gasteiger partial charge in [0.15, 0.2) is 0 Å². The van der Waals surface area contributed by atoms with E-state index >= 15 is 0 Å². The Bertz CT molecular complexity index is 424. The molecule has 1 aromatic carbocycles. The van der Waals surface area contributed by atoms with Crippen molar-refractivity contribution in [1.82, 2.24) is 10.6 Å². The van der Waals surface area contributed by atoms with Crippen molar-refractivity contribution in [2.75, 3.05) is 0 Å². The van der Waals surface area contributed by atoms with E-state index in [0.29, 0.717) is 6.61 Å². The molecule has 5 heteroatoms. The number of hydrogen-bond donors (Lipinski definition) is 1. The van der Waals surface area contributed by atoms with Gasteiger partial charge in [-0.05, 0) is 18.4 Å². The molecule has 0 unspecified atom stereocenters. The number of nitrogens with one attached hydrogen (secondary N) is 1. The number of fused-ring (bicyclic) bond motifs is 1. The van der Waals surface area contributed by atoms with Crippen LogP contribution in [0.3, 0.4) is 0 Å². The molecule has 1 aliphatic carbocycles. The summed E-state index contributed by atoms with van der Waals surface area (Å²) >= 11 is 0. The lowest BCUT2D eigenvalue weighted by Crippen LogP contribution is -2.39. The molecular formula is C13H18N3O2+. The minimum absolute atomic E-state index is 0.181. The third-order valence-electron chi connectivity index (χ3n) is 3.67. The van der Waals surface area contributed by atoms with Crippen LogP contribution in [-0.2, 0) is 11.4 Å². The van der Waals surface area contributed by atoms with Crippen LogP contribution in [0.4, 0.5) is 0 Å². The highest BCUT2D eigenvalue weighted by atomic mass is 16.8. The first-order valence-corrected chi connectivity index (χ1v) is 6.54. The molecule has 96 valence electrons. The van der Waals surface area contributed by atoms with Crippen LogP contribution < -0.4 is 5.43 Å². The van der Waals surface area contributed by atoms with E-state index in [-0.39, 0.29) is 12.1 Å². The summed E-state index contributed by atoms with van der Waals surface area (Å²) in [4.78, 5) is 18.2. The number of nitroso groups, excluding NO2 is 1. The smallest absolute Gasteiger partial charge is 0.215 e. The summed E-state index contributed by atoms with van der Waals surface area (Å²) in [5.74, 6) is 0. The van der Waals surface area contributed by atoms with Crippen molar-refractivity contribution in [2.45, 2.75) is 44.4 Å². The Kier molecular flexibility index (Phi) is 3.15. The number of hydroxylamine groups is 1. The Morgan fingerprint density at radius 2 is 2.06 bits per heavy atom. The molecule has 0 radical (unpaired) electrons. The van der Waals surface area contributed by atoms with E-state index in [1.54, 1.807) is 0 Å². The molecule has 1 aliphatic heterocycles. The molecule has 2 fully saturated rings. The molecule has 0 bridgehead atoms. The Labute approximate surface area is 106 Å². The first-order chi connectivity index (χ1) is 8.84. The normalized spacial score (nSPS) is 26.9. The van der Waals surface area contributed by atoms with Gasteiger partial charge in [-0.1, -0.05) is 43.2 Å². The lowest BCUT2D eigenvalue weighted by Gasteiger charge is -2.21. The molecule has 0 amide bonds. The summed E-state index contributed by atoms with van der Waals surface area (Å²) in [5, 5.41) is 1.47. The Morgan fingerprint density at radius 3 is 2.89 bits per heavy atom. The van der Waals surface area contributed by atoms with Crippen molar-refractivity contribution in [2.24, 2.45) is 0 Å². The summed E-state index contributed by atoms with van der Waals surface area (Å²) in [7, 11) is 0. The summed E-state index contributed by atoms with van der Waals surface area (Å²) in [5.41, 5.74) is 4.00. The SMILES string of the molecule is O=[N+]1N[C@H]2CCCC[C@H]2N1OCc1ccccc1. The van der Waals surface area contributed by atoms with E-state index in [2.05, 4.69) is 5.43 Å². The second-order valence-electron chi connectivity index (χ2n) is 4.92. The van der Waals surface area contributed by atoms with Crippen LogP contribution in [-0.4, -0.2) is 22.2 Å². The van der Waals surface area contributed by atoms with Gasteiger partial charge >= 0.3 is 0 Å². The predicted molar refractivity (Wildman–Crippen MR) is 65.9 cm³/mol. The number of hydrazine groups is 2. The Hall–Kier alpha value is -1.62. The van der Waals surface area contributed by atoms with Gasteiger partial charge in [0.2, 0.25) is 0 Å². The monoisotopic (exact) mass is 248 g/mol. The maximum atomic E-state index is 11.8. The van der Waals surface area contributed by atoms with Gasteiger partial charge in [0.1, 0.15) is 18.7 Å². The zero-order chi connectivity index (χ0) is 12.4. The summed E-state index contributed by atoms with van der Waals surface area (Å²) in [6, 6.07) is 10.3. The fraction of sp³-hybridized carbons (Fsp3) is 0.538. The highest BCUT2D eigenvalue weighted by Gasteiger charge is 2.49. The lowest BCUT2D eigenvalue weighted by atomic mass is 9.92. The van der Waals surface area contributed by atoms with Crippen molar-refractivity contribution >= 4 is 0 Å². The minimum Gasteiger partial charge on any atom is -0.215 e. The molecule has 1 N–H and O–H groups in total. The first-order valence-electron chi connectivity index (χ1n) is 6.54. The average molecular weight is 248 g/mol. The van der Waals surface area contributed by atoms with E-state index in [1.807, 2.05) is 30.3 Å². The molecular weight excluding hydrogens is 230 g/mol. The van der Waals surface area contributed by atoms with E-state index < -0.39 is 0 Å². The van der Waals surface area contributed by atoms with Gasteiger partial charge in [-0.15, -0.1) is 5.43 Å². The van der Waals surface area contributed by atoms with Gasteiger partial charge in [-0.2, -0.15) is 0 Å². The summed E-state index contributed by atoms with van der Waals surface area (Å²) in [6.45, 7) is 0.435. The molecule has 5 nitrogen and oxygen atoms in total. The number of nitrogens with zero attached hydrogens (tertiary/aromatic N) is 2. The fourth-order valence-corrected chi connectivity index (χ4v) is 2.72. The second-order valence-corrected chi connectivity index (χ2v) is 4.92. The second kappa shape index (κ2) is 4.94. The third kappa shape index (κ3) is 2.18. The largest absolute Gasteiger partial charge is 0.275 e. The highest BCUT2D eigenvalue weighted by Crippen LogP contribution is 2.27. The van der Waals surface area contributed by atoms with Crippen LogP contribution in [0.2, 0.25) is 0 Å². The third-order valence-corrected chi connectivity index (χ3v) is 3.67.